The van der Waals surface area contributed by atoms with Crippen molar-refractivity contribution in [1.82, 2.24) is 4.72 Å². The van der Waals surface area contributed by atoms with E-state index in [9.17, 15) is 18.3 Å². The molecule has 1 aliphatic carbocycles. The van der Waals surface area contributed by atoms with E-state index in [1.54, 1.807) is 18.2 Å². The van der Waals surface area contributed by atoms with Crippen LogP contribution in [0.25, 0.3) is 10.8 Å². The summed E-state index contributed by atoms with van der Waals surface area (Å²) in [6.45, 7) is 0.347. The Bertz CT molecular complexity index is 1150. The van der Waals surface area contributed by atoms with E-state index in [1.165, 1.54) is 0 Å². The van der Waals surface area contributed by atoms with Gasteiger partial charge in [-0.3, -0.25) is 0 Å². The maximum absolute atomic E-state index is 12.7. The Morgan fingerprint density at radius 3 is 2.50 bits per heavy atom. The zero-order valence-corrected chi connectivity index (χ0v) is 16.0. The minimum Gasteiger partial charge on any atom is -0.550 e. The van der Waals surface area contributed by atoms with Crippen LogP contribution < -0.4 is 9.83 Å². The van der Waals surface area contributed by atoms with Crippen LogP contribution in [0.15, 0.2) is 65.6 Å². The van der Waals surface area contributed by atoms with E-state index in [1.807, 2.05) is 42.5 Å². The first kappa shape index (κ1) is 18.7. The highest BCUT2D eigenvalue weighted by atomic mass is 32.2. The van der Waals surface area contributed by atoms with Gasteiger partial charge < -0.3 is 9.90 Å². The molecule has 1 atom stereocenters. The SMILES string of the molecule is O=C([O-])Cc1ccc2c(c1)CC(CNS(=O)(=O)c1ccc3ccccc3c1)C2. The van der Waals surface area contributed by atoms with Crippen molar-refractivity contribution in [3.8, 4) is 0 Å². The number of hydrogen-bond donors (Lipinski definition) is 1. The van der Waals surface area contributed by atoms with Crippen LogP contribution in [0.3, 0.4) is 0 Å². The quantitative estimate of drug-likeness (QED) is 0.691. The van der Waals surface area contributed by atoms with Crippen molar-refractivity contribution < 1.29 is 18.3 Å². The monoisotopic (exact) mass is 394 g/mol. The van der Waals surface area contributed by atoms with E-state index in [0.717, 1.165) is 40.3 Å². The molecule has 0 aromatic heterocycles. The van der Waals surface area contributed by atoms with Gasteiger partial charge in [0.05, 0.1) is 4.90 Å². The molecule has 0 saturated heterocycles. The summed E-state index contributed by atoms with van der Waals surface area (Å²) in [7, 11) is -3.59. The molecule has 0 radical (unpaired) electrons. The third kappa shape index (κ3) is 3.93. The lowest BCUT2D eigenvalue weighted by Gasteiger charge is -2.12. The predicted octanol–water partition coefficient (Wildman–Crippen LogP) is 1.83. The zero-order valence-electron chi connectivity index (χ0n) is 15.2. The molecule has 3 aromatic carbocycles. The molecule has 6 heteroatoms. The van der Waals surface area contributed by atoms with Crippen molar-refractivity contribution in [2.75, 3.05) is 6.54 Å². The van der Waals surface area contributed by atoms with Crippen molar-refractivity contribution in [1.29, 1.82) is 0 Å². The predicted molar refractivity (Wildman–Crippen MR) is 105 cm³/mol. The third-order valence-electron chi connectivity index (χ3n) is 5.23. The first-order chi connectivity index (χ1) is 13.4. The van der Waals surface area contributed by atoms with E-state index in [4.69, 9.17) is 0 Å². The van der Waals surface area contributed by atoms with Gasteiger partial charge in [-0.05, 0) is 58.4 Å². The number of carboxylic acids is 1. The van der Waals surface area contributed by atoms with E-state index in [0.29, 0.717) is 6.54 Å². The van der Waals surface area contributed by atoms with E-state index < -0.39 is 16.0 Å². The van der Waals surface area contributed by atoms with E-state index >= 15 is 0 Å². The van der Waals surface area contributed by atoms with Crippen molar-refractivity contribution >= 4 is 26.8 Å². The Labute approximate surface area is 164 Å². The number of aliphatic carboxylic acids is 1. The van der Waals surface area contributed by atoms with Crippen LogP contribution in [-0.2, 0) is 34.1 Å². The molecule has 4 rings (SSSR count). The summed E-state index contributed by atoms with van der Waals surface area (Å²) in [6, 6.07) is 18.4. The maximum atomic E-state index is 12.7. The van der Waals surface area contributed by atoms with Crippen LogP contribution in [0.5, 0.6) is 0 Å². The first-order valence-corrected chi connectivity index (χ1v) is 10.7. The average molecular weight is 394 g/mol. The van der Waals surface area contributed by atoms with Crippen LogP contribution in [-0.4, -0.2) is 20.9 Å². The standard InChI is InChI=1S/C22H21NO4S/c24-22(25)12-15-5-6-19-10-16(11-20(19)9-15)14-23-28(26,27)21-8-7-17-3-1-2-4-18(17)13-21/h1-9,13,16,23H,10-12,14H2,(H,24,25)/p-1. The van der Waals surface area contributed by atoms with Crippen LogP contribution in [0, 0.1) is 5.92 Å². The highest BCUT2D eigenvalue weighted by Gasteiger charge is 2.24. The zero-order chi connectivity index (χ0) is 19.7. The highest BCUT2D eigenvalue weighted by Crippen LogP contribution is 2.28. The van der Waals surface area contributed by atoms with Gasteiger partial charge in [-0.1, -0.05) is 48.5 Å². The number of sulfonamides is 1. The van der Waals surface area contributed by atoms with Gasteiger partial charge in [-0.15, -0.1) is 0 Å². The summed E-state index contributed by atoms with van der Waals surface area (Å²) in [5.74, 6) is -0.943. The molecular formula is C22H20NO4S-. The number of fused-ring (bicyclic) bond motifs is 2. The average Bonchev–Trinajstić information content (AvgIpc) is 3.08. The largest absolute Gasteiger partial charge is 0.550 e. The van der Waals surface area contributed by atoms with Gasteiger partial charge >= 0.3 is 0 Å². The van der Waals surface area contributed by atoms with Crippen molar-refractivity contribution in [2.24, 2.45) is 5.92 Å². The van der Waals surface area contributed by atoms with Crippen LogP contribution in [0.4, 0.5) is 0 Å². The lowest BCUT2D eigenvalue weighted by atomic mass is 10.0. The first-order valence-electron chi connectivity index (χ1n) is 9.20. The highest BCUT2D eigenvalue weighted by molar-refractivity contribution is 7.89. The number of carboxylic acid groups (broad SMARTS) is 1. The lowest BCUT2D eigenvalue weighted by molar-refractivity contribution is -0.304. The second kappa shape index (κ2) is 7.37. The Hall–Kier alpha value is -2.70. The van der Waals surface area contributed by atoms with Crippen molar-refractivity contribution in [2.45, 2.75) is 24.2 Å². The smallest absolute Gasteiger partial charge is 0.240 e. The van der Waals surface area contributed by atoms with Crippen LogP contribution in [0.1, 0.15) is 16.7 Å². The topological polar surface area (TPSA) is 86.3 Å². The van der Waals surface area contributed by atoms with Gasteiger partial charge in [0.1, 0.15) is 0 Å². The Morgan fingerprint density at radius 2 is 1.71 bits per heavy atom. The Balaban J connectivity index is 1.44. The van der Waals surface area contributed by atoms with Gasteiger partial charge in [-0.2, -0.15) is 0 Å². The fraction of sp³-hybridized carbons (Fsp3) is 0.227. The fourth-order valence-electron chi connectivity index (χ4n) is 3.83. The summed E-state index contributed by atoms with van der Waals surface area (Å²) in [5, 5.41) is 12.7. The summed E-state index contributed by atoms with van der Waals surface area (Å²) in [4.78, 5) is 11.0. The molecular weight excluding hydrogens is 374 g/mol. The number of carbonyl (C=O) groups is 1. The van der Waals surface area contributed by atoms with Gasteiger partial charge in [0.15, 0.2) is 0 Å². The summed E-state index contributed by atoms with van der Waals surface area (Å²) >= 11 is 0. The molecule has 0 saturated carbocycles. The lowest BCUT2D eigenvalue weighted by Crippen LogP contribution is -2.29. The molecule has 0 fully saturated rings. The molecule has 5 nitrogen and oxygen atoms in total. The number of nitrogens with one attached hydrogen (secondary N) is 1. The molecule has 28 heavy (non-hydrogen) atoms. The molecule has 0 aliphatic heterocycles. The Morgan fingerprint density at radius 1 is 0.964 bits per heavy atom. The number of benzene rings is 3. The van der Waals surface area contributed by atoms with E-state index in [2.05, 4.69) is 4.72 Å². The summed E-state index contributed by atoms with van der Waals surface area (Å²) in [6.07, 6.45) is 1.41. The summed E-state index contributed by atoms with van der Waals surface area (Å²) < 4.78 is 28.1. The normalized spacial score (nSPS) is 16.2. The fourth-order valence-corrected chi connectivity index (χ4v) is 4.98. The van der Waals surface area contributed by atoms with Gasteiger partial charge in [0, 0.05) is 18.9 Å². The molecule has 1 aliphatic rings. The molecule has 1 N–H and O–H groups in total. The minimum atomic E-state index is -3.59. The molecule has 1 unspecified atom stereocenters. The van der Waals surface area contributed by atoms with Gasteiger partial charge in [0.25, 0.3) is 0 Å². The van der Waals surface area contributed by atoms with E-state index in [-0.39, 0.29) is 17.2 Å². The third-order valence-corrected chi connectivity index (χ3v) is 6.65. The second-order valence-electron chi connectivity index (χ2n) is 7.29. The molecule has 3 aromatic rings. The maximum Gasteiger partial charge on any atom is 0.240 e. The molecule has 144 valence electrons. The number of carbonyl (C=O) groups excluding carboxylic acids is 1. The molecule has 0 bridgehead atoms. The molecule has 0 heterocycles. The van der Waals surface area contributed by atoms with Gasteiger partial charge in [-0.25, -0.2) is 13.1 Å². The van der Waals surface area contributed by atoms with Crippen LogP contribution >= 0.6 is 0 Å². The van der Waals surface area contributed by atoms with Crippen molar-refractivity contribution in [3.63, 3.8) is 0 Å². The molecule has 0 spiro atoms. The van der Waals surface area contributed by atoms with Gasteiger partial charge in [0.2, 0.25) is 10.0 Å². The Kier molecular flexibility index (Phi) is 4.91. The van der Waals surface area contributed by atoms with Crippen molar-refractivity contribution in [3.05, 3.63) is 77.4 Å². The summed E-state index contributed by atoms with van der Waals surface area (Å²) in [5.41, 5.74) is 2.96. The number of hydrogen-bond acceptors (Lipinski definition) is 4. The number of rotatable bonds is 6. The second-order valence-corrected chi connectivity index (χ2v) is 9.05. The molecule has 0 amide bonds. The van der Waals surface area contributed by atoms with Crippen LogP contribution in [0.2, 0.25) is 0 Å². The minimum absolute atomic E-state index is 0.105.